The SMILES string of the molecule is C=CCSc1n[n+]2c(c(=O)[nH]1)-c1ccccc1N(C(C)=O)[C@H]2c1ccccc1OCCC. The lowest BCUT2D eigenvalue weighted by atomic mass is 10.0. The van der Waals surface area contributed by atoms with Gasteiger partial charge in [0.25, 0.3) is 6.17 Å². The summed E-state index contributed by atoms with van der Waals surface area (Å²) in [4.78, 5) is 30.7. The van der Waals surface area contributed by atoms with Crippen LogP contribution in [0.25, 0.3) is 11.3 Å². The van der Waals surface area contributed by atoms with E-state index in [4.69, 9.17) is 9.84 Å². The maximum absolute atomic E-state index is 13.2. The number of para-hydroxylation sites is 2. The highest BCUT2D eigenvalue weighted by atomic mass is 32.2. The number of hydrogen-bond acceptors (Lipinski definition) is 5. The minimum absolute atomic E-state index is 0.159. The zero-order valence-corrected chi connectivity index (χ0v) is 18.9. The van der Waals surface area contributed by atoms with Crippen LogP contribution in [0.2, 0.25) is 0 Å². The molecule has 1 aliphatic heterocycles. The number of aromatic nitrogens is 3. The molecule has 1 N–H and O–H groups in total. The number of thioether (sulfide) groups is 1. The molecule has 7 nitrogen and oxygen atoms in total. The van der Waals surface area contributed by atoms with Crippen LogP contribution in [0, 0.1) is 0 Å². The van der Waals surface area contributed by atoms with Gasteiger partial charge in [0.1, 0.15) is 5.75 Å². The Kier molecular flexibility index (Phi) is 6.41. The first-order valence-corrected chi connectivity index (χ1v) is 11.5. The number of amides is 1. The van der Waals surface area contributed by atoms with Crippen LogP contribution in [-0.2, 0) is 4.79 Å². The molecule has 8 heteroatoms. The van der Waals surface area contributed by atoms with Crippen LogP contribution in [0.1, 0.15) is 32.0 Å². The summed E-state index contributed by atoms with van der Waals surface area (Å²) in [6.45, 7) is 7.84. The first kappa shape index (κ1) is 21.8. The highest BCUT2D eigenvalue weighted by Gasteiger charge is 2.46. The summed E-state index contributed by atoms with van der Waals surface area (Å²) in [5, 5.41) is 5.21. The van der Waals surface area contributed by atoms with Crippen LogP contribution in [-0.4, -0.2) is 28.3 Å². The number of benzene rings is 2. The van der Waals surface area contributed by atoms with E-state index in [9.17, 15) is 9.59 Å². The van der Waals surface area contributed by atoms with E-state index in [1.807, 2.05) is 55.5 Å². The quantitative estimate of drug-likeness (QED) is 0.338. The van der Waals surface area contributed by atoms with Gasteiger partial charge in [0.05, 0.1) is 23.4 Å². The lowest BCUT2D eigenvalue weighted by molar-refractivity contribution is -0.763. The first-order chi connectivity index (χ1) is 15.6. The number of nitrogens with zero attached hydrogens (tertiary/aromatic N) is 3. The molecule has 0 bridgehead atoms. The van der Waals surface area contributed by atoms with Gasteiger partial charge < -0.3 is 4.74 Å². The number of carbonyl (C=O) groups is 1. The normalized spacial score (nSPS) is 14.4. The number of rotatable bonds is 7. The molecule has 0 radical (unpaired) electrons. The third-order valence-electron chi connectivity index (χ3n) is 5.09. The van der Waals surface area contributed by atoms with Crippen molar-refractivity contribution in [2.75, 3.05) is 17.3 Å². The number of H-pyrrole nitrogens is 1. The van der Waals surface area contributed by atoms with E-state index in [2.05, 4.69) is 11.6 Å². The predicted octanol–water partition coefficient (Wildman–Crippen LogP) is 3.70. The number of ether oxygens (including phenoxy) is 1. The molecule has 0 aliphatic carbocycles. The highest BCUT2D eigenvalue weighted by Crippen LogP contribution is 2.39. The minimum atomic E-state index is -0.671. The molecule has 2 heterocycles. The summed E-state index contributed by atoms with van der Waals surface area (Å²) < 4.78 is 7.65. The first-order valence-electron chi connectivity index (χ1n) is 10.5. The number of hydrogen-bond donors (Lipinski definition) is 1. The van der Waals surface area contributed by atoms with Crippen molar-refractivity contribution in [3.8, 4) is 17.0 Å². The van der Waals surface area contributed by atoms with Gasteiger partial charge in [-0.3, -0.25) is 14.6 Å². The molecular formula is C24H25N4O3S+. The number of anilines is 1. The summed E-state index contributed by atoms with van der Waals surface area (Å²) in [6, 6.07) is 15.0. The molecule has 0 fully saturated rings. The predicted molar refractivity (Wildman–Crippen MR) is 125 cm³/mol. The Morgan fingerprint density at radius 1 is 1.28 bits per heavy atom. The zero-order chi connectivity index (χ0) is 22.7. The van der Waals surface area contributed by atoms with Crippen molar-refractivity contribution in [2.24, 2.45) is 0 Å². The fourth-order valence-electron chi connectivity index (χ4n) is 3.83. The van der Waals surface area contributed by atoms with Gasteiger partial charge in [0.15, 0.2) is 0 Å². The van der Waals surface area contributed by atoms with Crippen LogP contribution >= 0.6 is 11.8 Å². The number of aromatic amines is 1. The molecule has 0 spiro atoms. The molecule has 4 rings (SSSR count). The molecule has 164 valence electrons. The number of fused-ring (bicyclic) bond motifs is 3. The van der Waals surface area contributed by atoms with Crippen molar-refractivity contribution in [3.05, 3.63) is 77.1 Å². The second-order valence-electron chi connectivity index (χ2n) is 7.32. The van der Waals surface area contributed by atoms with E-state index in [0.717, 1.165) is 12.0 Å². The van der Waals surface area contributed by atoms with Crippen LogP contribution < -0.4 is 19.9 Å². The topological polar surface area (TPSA) is 79.2 Å². The Morgan fingerprint density at radius 2 is 2.03 bits per heavy atom. The Bertz CT molecular complexity index is 1220. The second kappa shape index (κ2) is 9.40. The molecule has 0 unspecified atom stereocenters. The monoisotopic (exact) mass is 449 g/mol. The summed E-state index contributed by atoms with van der Waals surface area (Å²) in [5.41, 5.74) is 2.21. The lowest BCUT2D eigenvalue weighted by Gasteiger charge is -2.32. The Balaban J connectivity index is 2.01. The van der Waals surface area contributed by atoms with Crippen molar-refractivity contribution < 1.29 is 14.2 Å². The Morgan fingerprint density at radius 3 is 2.78 bits per heavy atom. The van der Waals surface area contributed by atoms with Gasteiger partial charge in [-0.2, -0.15) is 0 Å². The Labute approximate surface area is 190 Å². The smallest absolute Gasteiger partial charge is 0.325 e. The average Bonchev–Trinajstić information content (AvgIpc) is 2.80. The van der Waals surface area contributed by atoms with Crippen LogP contribution in [0.4, 0.5) is 5.69 Å². The van der Waals surface area contributed by atoms with E-state index in [0.29, 0.717) is 40.2 Å². The standard InChI is InChI=1S/C24H24N4O3S/c1-4-14-31-20-13-9-7-11-18(20)23-27(16(3)29)19-12-8-6-10-17(19)21-22(30)25-24(26-28(21)23)32-15-5-2/h5-13,23H,2,4,14-15H2,1,3H3/p+1/t23-/m1/s1. The largest absolute Gasteiger partial charge is 0.493 e. The number of nitrogens with one attached hydrogen (secondary N) is 1. The maximum Gasteiger partial charge on any atom is 0.325 e. The van der Waals surface area contributed by atoms with Crippen molar-refractivity contribution in [1.29, 1.82) is 0 Å². The fourth-order valence-corrected chi connectivity index (χ4v) is 4.42. The van der Waals surface area contributed by atoms with E-state index in [1.54, 1.807) is 15.7 Å². The van der Waals surface area contributed by atoms with Gasteiger partial charge in [-0.15, -0.1) is 6.58 Å². The van der Waals surface area contributed by atoms with Crippen molar-refractivity contribution in [3.63, 3.8) is 0 Å². The highest BCUT2D eigenvalue weighted by molar-refractivity contribution is 7.99. The average molecular weight is 450 g/mol. The molecule has 0 saturated carbocycles. The van der Waals surface area contributed by atoms with Gasteiger partial charge in [-0.1, -0.05) is 49.0 Å². The van der Waals surface area contributed by atoms with Crippen LogP contribution in [0.15, 0.2) is 71.1 Å². The molecular weight excluding hydrogens is 424 g/mol. The molecule has 32 heavy (non-hydrogen) atoms. The zero-order valence-electron chi connectivity index (χ0n) is 18.1. The molecule has 2 aromatic carbocycles. The van der Waals surface area contributed by atoms with E-state index >= 15 is 0 Å². The Hall–Kier alpha value is -3.39. The summed E-state index contributed by atoms with van der Waals surface area (Å²) in [5.74, 6) is 1.09. The van der Waals surface area contributed by atoms with Gasteiger partial charge in [0.2, 0.25) is 11.1 Å². The van der Waals surface area contributed by atoms with Crippen molar-refractivity contribution in [1.82, 2.24) is 10.1 Å². The van der Waals surface area contributed by atoms with E-state index in [-0.39, 0.29) is 11.5 Å². The number of carbonyl (C=O) groups excluding carboxylic acids is 1. The maximum atomic E-state index is 13.2. The molecule has 0 saturated heterocycles. The summed E-state index contributed by atoms with van der Waals surface area (Å²) in [6.07, 6.45) is 1.93. The minimum Gasteiger partial charge on any atom is -0.493 e. The van der Waals surface area contributed by atoms with Crippen LogP contribution in [0.3, 0.4) is 0 Å². The summed E-state index contributed by atoms with van der Waals surface area (Å²) in [7, 11) is 0. The van der Waals surface area contributed by atoms with E-state index < -0.39 is 6.17 Å². The van der Waals surface area contributed by atoms with Crippen molar-refractivity contribution in [2.45, 2.75) is 31.6 Å². The van der Waals surface area contributed by atoms with Gasteiger partial charge in [0, 0.05) is 17.8 Å². The third-order valence-corrected chi connectivity index (χ3v) is 5.95. The van der Waals surface area contributed by atoms with E-state index in [1.165, 1.54) is 18.7 Å². The molecule has 1 amide bonds. The second-order valence-corrected chi connectivity index (χ2v) is 8.33. The molecule has 1 atom stereocenters. The fraction of sp³-hybridized carbons (Fsp3) is 0.250. The van der Waals surface area contributed by atoms with Gasteiger partial charge in [-0.05, 0) is 35.4 Å². The third kappa shape index (κ3) is 3.93. The lowest BCUT2D eigenvalue weighted by Crippen LogP contribution is -2.60. The van der Waals surface area contributed by atoms with Crippen LogP contribution in [0.5, 0.6) is 5.75 Å². The van der Waals surface area contributed by atoms with Gasteiger partial charge in [-0.25, -0.2) is 4.90 Å². The summed E-state index contributed by atoms with van der Waals surface area (Å²) >= 11 is 1.37. The molecule has 1 aromatic heterocycles. The molecule has 1 aliphatic rings. The molecule has 3 aromatic rings. The van der Waals surface area contributed by atoms with Crippen molar-refractivity contribution >= 4 is 23.4 Å². The van der Waals surface area contributed by atoms with Gasteiger partial charge >= 0.3 is 11.3 Å².